The number of nitrogens with one attached hydrogen (secondary N) is 1. The summed E-state index contributed by atoms with van der Waals surface area (Å²) in [6.45, 7) is 0.763. The first kappa shape index (κ1) is 11.6. The van der Waals surface area contributed by atoms with Gasteiger partial charge in [-0.05, 0) is 22.0 Å². The third-order valence-electron chi connectivity index (χ3n) is 2.62. The average Bonchev–Trinajstić information content (AvgIpc) is 2.82. The van der Waals surface area contributed by atoms with E-state index < -0.39 is 0 Å². The van der Waals surface area contributed by atoms with Gasteiger partial charge in [-0.2, -0.15) is 5.10 Å². The number of thiophene rings is 1. The lowest BCUT2D eigenvalue weighted by Gasteiger charge is -2.06. The van der Waals surface area contributed by atoms with E-state index in [1.165, 1.54) is 4.88 Å². The van der Waals surface area contributed by atoms with Gasteiger partial charge in [0.25, 0.3) is 0 Å². The maximum atomic E-state index is 4.16. The van der Waals surface area contributed by atoms with Gasteiger partial charge in [0, 0.05) is 25.5 Å². The minimum absolute atomic E-state index is 0.763. The summed E-state index contributed by atoms with van der Waals surface area (Å²) >= 11 is 5.17. The number of benzene rings is 1. The number of fused-ring (bicyclic) bond motifs is 1. The molecule has 3 nitrogen and oxygen atoms in total. The van der Waals surface area contributed by atoms with Gasteiger partial charge in [-0.1, -0.05) is 24.3 Å². The molecule has 2 aromatic heterocycles. The molecule has 0 atom stereocenters. The van der Waals surface area contributed by atoms with Crippen molar-refractivity contribution in [2.24, 2.45) is 0 Å². The van der Waals surface area contributed by atoms with Crippen molar-refractivity contribution in [3.63, 3.8) is 0 Å². The van der Waals surface area contributed by atoms with Crippen LogP contribution in [0.1, 0.15) is 4.88 Å². The van der Waals surface area contributed by atoms with Crippen molar-refractivity contribution in [3.8, 4) is 0 Å². The van der Waals surface area contributed by atoms with Gasteiger partial charge in [-0.25, -0.2) is 0 Å². The molecule has 0 aliphatic heterocycles. The van der Waals surface area contributed by atoms with Crippen molar-refractivity contribution in [2.75, 3.05) is 5.32 Å². The first-order valence-electron chi connectivity index (χ1n) is 5.50. The molecule has 2 heterocycles. The lowest BCUT2D eigenvalue weighted by atomic mass is 10.2. The molecule has 0 radical (unpaired) electrons. The van der Waals surface area contributed by atoms with Crippen LogP contribution >= 0.6 is 27.3 Å². The average molecular weight is 320 g/mol. The van der Waals surface area contributed by atoms with Crippen LogP contribution in [0.2, 0.25) is 0 Å². The Labute approximate surface area is 117 Å². The fraction of sp³-hybridized carbons (Fsp3) is 0.0769. The minimum Gasteiger partial charge on any atom is -0.363 e. The van der Waals surface area contributed by atoms with Gasteiger partial charge in [0.2, 0.25) is 0 Å². The molecule has 3 aromatic rings. The summed E-state index contributed by atoms with van der Waals surface area (Å²) in [5.74, 6) is 0.831. The molecule has 3 rings (SSSR count). The van der Waals surface area contributed by atoms with Crippen LogP contribution < -0.4 is 5.32 Å². The zero-order valence-electron chi connectivity index (χ0n) is 9.43. The SMILES string of the molecule is Brc1csc(CNc2nncc3ccccc23)c1. The van der Waals surface area contributed by atoms with Gasteiger partial charge in [-0.15, -0.1) is 16.4 Å². The Kier molecular flexibility index (Phi) is 3.25. The second-order valence-electron chi connectivity index (χ2n) is 3.87. The topological polar surface area (TPSA) is 37.8 Å². The molecule has 5 heteroatoms. The maximum absolute atomic E-state index is 4.16. The summed E-state index contributed by atoms with van der Waals surface area (Å²) in [6, 6.07) is 10.2. The largest absolute Gasteiger partial charge is 0.363 e. The molecular weight excluding hydrogens is 310 g/mol. The van der Waals surface area contributed by atoms with Crippen molar-refractivity contribution < 1.29 is 0 Å². The van der Waals surface area contributed by atoms with Gasteiger partial charge in [0.1, 0.15) is 0 Å². The van der Waals surface area contributed by atoms with E-state index in [0.29, 0.717) is 0 Å². The standard InChI is InChI=1S/C13H10BrN3S/c14-10-5-11(18-8-10)7-15-13-12-4-2-1-3-9(12)6-16-17-13/h1-6,8H,7H2,(H,15,17). The summed E-state index contributed by atoms with van der Waals surface area (Å²) < 4.78 is 1.12. The third kappa shape index (κ3) is 2.37. The molecule has 0 bridgehead atoms. The Balaban J connectivity index is 1.86. The van der Waals surface area contributed by atoms with E-state index in [0.717, 1.165) is 27.6 Å². The summed E-state index contributed by atoms with van der Waals surface area (Å²) in [7, 11) is 0. The van der Waals surface area contributed by atoms with E-state index in [-0.39, 0.29) is 0 Å². The van der Waals surface area contributed by atoms with Crippen molar-refractivity contribution in [1.82, 2.24) is 10.2 Å². The molecule has 0 aliphatic rings. The molecule has 0 fully saturated rings. The molecule has 1 aromatic carbocycles. The smallest absolute Gasteiger partial charge is 0.156 e. The number of aromatic nitrogens is 2. The molecule has 0 spiro atoms. The van der Waals surface area contributed by atoms with E-state index in [1.807, 2.05) is 18.2 Å². The van der Waals surface area contributed by atoms with E-state index in [2.05, 4.69) is 49.0 Å². The molecule has 1 N–H and O–H groups in total. The Morgan fingerprint density at radius 2 is 2.17 bits per heavy atom. The third-order valence-corrected chi connectivity index (χ3v) is 4.32. The summed E-state index contributed by atoms with van der Waals surface area (Å²) in [5, 5.41) is 15.8. The van der Waals surface area contributed by atoms with Crippen LogP contribution in [0.3, 0.4) is 0 Å². The monoisotopic (exact) mass is 319 g/mol. The summed E-state index contributed by atoms with van der Waals surface area (Å²) in [6.07, 6.45) is 1.78. The van der Waals surface area contributed by atoms with Gasteiger partial charge in [0.15, 0.2) is 5.82 Å². The number of nitrogens with zero attached hydrogens (tertiary/aromatic N) is 2. The van der Waals surface area contributed by atoms with Crippen molar-refractivity contribution >= 4 is 43.9 Å². The molecule has 0 aliphatic carbocycles. The van der Waals surface area contributed by atoms with E-state index >= 15 is 0 Å². The number of halogens is 1. The molecule has 90 valence electrons. The van der Waals surface area contributed by atoms with Crippen LogP contribution in [0.25, 0.3) is 10.8 Å². The number of rotatable bonds is 3. The number of hydrogen-bond acceptors (Lipinski definition) is 4. The van der Waals surface area contributed by atoms with Crippen LogP contribution in [-0.2, 0) is 6.54 Å². The van der Waals surface area contributed by atoms with Gasteiger partial charge >= 0.3 is 0 Å². The zero-order valence-corrected chi connectivity index (χ0v) is 11.8. The first-order chi connectivity index (χ1) is 8.83. The predicted octanol–water partition coefficient (Wildman–Crippen LogP) is 4.07. The van der Waals surface area contributed by atoms with Crippen LogP contribution in [0.4, 0.5) is 5.82 Å². The molecule has 0 amide bonds. The highest BCUT2D eigenvalue weighted by molar-refractivity contribution is 9.10. The summed E-state index contributed by atoms with van der Waals surface area (Å²) in [4.78, 5) is 1.26. The van der Waals surface area contributed by atoms with Crippen molar-refractivity contribution in [2.45, 2.75) is 6.54 Å². The van der Waals surface area contributed by atoms with Crippen molar-refractivity contribution in [1.29, 1.82) is 0 Å². The maximum Gasteiger partial charge on any atom is 0.156 e. The van der Waals surface area contributed by atoms with E-state index in [4.69, 9.17) is 0 Å². The summed E-state index contributed by atoms with van der Waals surface area (Å²) in [5.41, 5.74) is 0. The minimum atomic E-state index is 0.763. The number of hydrogen-bond donors (Lipinski definition) is 1. The zero-order chi connectivity index (χ0) is 12.4. The highest BCUT2D eigenvalue weighted by Crippen LogP contribution is 2.23. The highest BCUT2D eigenvalue weighted by Gasteiger charge is 2.03. The van der Waals surface area contributed by atoms with Gasteiger partial charge < -0.3 is 5.32 Å². The van der Waals surface area contributed by atoms with Gasteiger partial charge in [-0.3, -0.25) is 0 Å². The molecule has 0 saturated heterocycles. The quantitative estimate of drug-likeness (QED) is 0.790. The van der Waals surface area contributed by atoms with E-state index in [1.54, 1.807) is 17.5 Å². The lowest BCUT2D eigenvalue weighted by molar-refractivity contribution is 1.02. The predicted molar refractivity (Wildman–Crippen MR) is 78.9 cm³/mol. The Morgan fingerprint density at radius 1 is 1.28 bits per heavy atom. The molecule has 18 heavy (non-hydrogen) atoms. The van der Waals surface area contributed by atoms with Crippen molar-refractivity contribution in [3.05, 3.63) is 51.3 Å². The van der Waals surface area contributed by atoms with Gasteiger partial charge in [0.05, 0.1) is 12.7 Å². The fourth-order valence-electron chi connectivity index (χ4n) is 1.78. The Bertz CT molecular complexity index is 675. The first-order valence-corrected chi connectivity index (χ1v) is 7.17. The second-order valence-corrected chi connectivity index (χ2v) is 5.78. The van der Waals surface area contributed by atoms with Crippen LogP contribution in [0.15, 0.2) is 46.4 Å². The van der Waals surface area contributed by atoms with Crippen LogP contribution in [-0.4, -0.2) is 10.2 Å². The van der Waals surface area contributed by atoms with Crippen LogP contribution in [0, 0.1) is 0 Å². The fourth-order valence-corrected chi connectivity index (χ4v) is 3.17. The van der Waals surface area contributed by atoms with Crippen LogP contribution in [0.5, 0.6) is 0 Å². The lowest BCUT2D eigenvalue weighted by Crippen LogP contribution is -2.01. The van der Waals surface area contributed by atoms with E-state index in [9.17, 15) is 0 Å². The number of anilines is 1. The molecule has 0 saturated carbocycles. The molecule has 0 unspecified atom stereocenters. The molecular formula is C13H10BrN3S. The normalized spacial score (nSPS) is 10.7. The highest BCUT2D eigenvalue weighted by atomic mass is 79.9. The Morgan fingerprint density at radius 3 is 3.00 bits per heavy atom. The Hall–Kier alpha value is -1.46. The second kappa shape index (κ2) is 5.04.